The topological polar surface area (TPSA) is 62.2 Å². The second kappa shape index (κ2) is 5.01. The number of halogens is 2. The molecule has 0 atom stereocenters. The highest BCUT2D eigenvalue weighted by Crippen LogP contribution is 2.24. The first-order chi connectivity index (χ1) is 8.58. The maximum Gasteiger partial charge on any atom is 0.354 e. The average Bonchev–Trinajstić information content (AvgIpc) is 2.35. The van der Waals surface area contributed by atoms with Crippen molar-refractivity contribution in [1.82, 2.24) is 4.98 Å². The molecule has 92 valence electrons. The molecule has 0 aliphatic rings. The van der Waals surface area contributed by atoms with Gasteiger partial charge in [0.05, 0.1) is 10.7 Å². The molecule has 0 bridgehead atoms. The summed E-state index contributed by atoms with van der Waals surface area (Å²) in [4.78, 5) is 14.6. The van der Waals surface area contributed by atoms with Crippen LogP contribution in [-0.2, 0) is 0 Å². The minimum Gasteiger partial charge on any atom is -0.477 e. The van der Waals surface area contributed by atoms with Crippen LogP contribution < -0.4 is 5.32 Å². The Hall–Kier alpha value is -2.14. The molecule has 1 heterocycles. The summed E-state index contributed by atoms with van der Waals surface area (Å²) in [6, 6.07) is 8.88. The number of hydrogen-bond acceptors (Lipinski definition) is 3. The predicted octanol–water partition coefficient (Wildman–Crippen LogP) is 3.32. The number of nitrogens with one attached hydrogen (secondary N) is 1. The minimum atomic E-state index is -1.15. The first-order valence-corrected chi connectivity index (χ1v) is 5.37. The van der Waals surface area contributed by atoms with Crippen LogP contribution in [0.4, 0.5) is 15.9 Å². The van der Waals surface area contributed by atoms with Gasteiger partial charge in [0.25, 0.3) is 0 Å². The van der Waals surface area contributed by atoms with Gasteiger partial charge in [-0.25, -0.2) is 14.2 Å². The minimum absolute atomic E-state index is 0.0191. The monoisotopic (exact) mass is 266 g/mol. The fourth-order valence-corrected chi connectivity index (χ4v) is 1.54. The van der Waals surface area contributed by atoms with Crippen LogP contribution in [0.3, 0.4) is 0 Å². The molecule has 0 radical (unpaired) electrons. The van der Waals surface area contributed by atoms with Gasteiger partial charge in [0, 0.05) is 0 Å². The summed E-state index contributed by atoms with van der Waals surface area (Å²) in [7, 11) is 0. The number of benzene rings is 1. The van der Waals surface area contributed by atoms with Crippen molar-refractivity contribution in [1.29, 1.82) is 0 Å². The number of anilines is 2. The Morgan fingerprint density at radius 3 is 2.72 bits per heavy atom. The van der Waals surface area contributed by atoms with Crippen molar-refractivity contribution in [3.8, 4) is 0 Å². The van der Waals surface area contributed by atoms with E-state index in [1.165, 1.54) is 30.3 Å². The Morgan fingerprint density at radius 2 is 2.00 bits per heavy atom. The largest absolute Gasteiger partial charge is 0.477 e. The molecule has 0 unspecified atom stereocenters. The van der Waals surface area contributed by atoms with Gasteiger partial charge < -0.3 is 10.4 Å². The Labute approximate surface area is 107 Å². The van der Waals surface area contributed by atoms with E-state index < -0.39 is 11.8 Å². The van der Waals surface area contributed by atoms with E-state index in [-0.39, 0.29) is 22.2 Å². The number of carbonyl (C=O) groups is 1. The summed E-state index contributed by atoms with van der Waals surface area (Å²) in [5, 5.41) is 11.4. The molecule has 1 aromatic carbocycles. The van der Waals surface area contributed by atoms with Gasteiger partial charge in [-0.2, -0.15) is 0 Å². The molecule has 2 rings (SSSR count). The molecule has 18 heavy (non-hydrogen) atoms. The number of nitrogens with zero attached hydrogens (tertiary/aromatic N) is 1. The summed E-state index contributed by atoms with van der Waals surface area (Å²) >= 11 is 5.63. The van der Waals surface area contributed by atoms with Gasteiger partial charge in [0.2, 0.25) is 0 Å². The van der Waals surface area contributed by atoms with E-state index in [9.17, 15) is 9.18 Å². The molecular formula is C12H8ClFN2O2. The molecule has 2 N–H and O–H groups in total. The Morgan fingerprint density at radius 1 is 1.28 bits per heavy atom. The Balaban J connectivity index is 2.31. The normalized spacial score (nSPS) is 10.1. The number of pyridine rings is 1. The van der Waals surface area contributed by atoms with Crippen LogP contribution in [0.25, 0.3) is 0 Å². The Bertz CT molecular complexity index is 604. The molecule has 0 aliphatic heterocycles. The molecule has 2 aromatic rings. The zero-order valence-corrected chi connectivity index (χ0v) is 9.78. The van der Waals surface area contributed by atoms with Crippen molar-refractivity contribution in [3.05, 3.63) is 52.9 Å². The van der Waals surface area contributed by atoms with Gasteiger partial charge in [0.15, 0.2) is 11.5 Å². The quantitative estimate of drug-likeness (QED) is 0.895. The van der Waals surface area contributed by atoms with Crippen LogP contribution >= 0.6 is 11.6 Å². The third-order valence-corrected chi connectivity index (χ3v) is 2.47. The van der Waals surface area contributed by atoms with Gasteiger partial charge >= 0.3 is 5.97 Å². The third kappa shape index (κ3) is 2.57. The zero-order valence-electron chi connectivity index (χ0n) is 9.02. The van der Waals surface area contributed by atoms with Crippen LogP contribution in [0.5, 0.6) is 0 Å². The summed E-state index contributed by atoms with van der Waals surface area (Å²) in [6.07, 6.45) is 0. The second-order valence-electron chi connectivity index (χ2n) is 3.44. The number of rotatable bonds is 3. The van der Waals surface area contributed by atoms with Crippen LogP contribution in [0.1, 0.15) is 10.5 Å². The molecule has 0 aliphatic carbocycles. The lowest BCUT2D eigenvalue weighted by molar-refractivity contribution is 0.0690. The van der Waals surface area contributed by atoms with Crippen molar-refractivity contribution >= 4 is 29.1 Å². The Kier molecular flexibility index (Phi) is 3.43. The number of carboxylic acids is 1. The van der Waals surface area contributed by atoms with Gasteiger partial charge in [-0.3, -0.25) is 0 Å². The number of hydrogen-bond donors (Lipinski definition) is 2. The molecule has 0 saturated heterocycles. The van der Waals surface area contributed by atoms with Crippen LogP contribution in [0, 0.1) is 5.82 Å². The van der Waals surface area contributed by atoms with E-state index in [1.807, 2.05) is 0 Å². The molecule has 0 fully saturated rings. The van der Waals surface area contributed by atoms with E-state index >= 15 is 0 Å². The van der Waals surface area contributed by atoms with E-state index in [4.69, 9.17) is 16.7 Å². The van der Waals surface area contributed by atoms with Gasteiger partial charge in [-0.1, -0.05) is 23.7 Å². The first kappa shape index (κ1) is 12.3. The van der Waals surface area contributed by atoms with Crippen LogP contribution in [0.15, 0.2) is 36.4 Å². The SMILES string of the molecule is O=C(O)c1cccc(Nc2cccc(Cl)c2F)n1. The summed E-state index contributed by atoms with van der Waals surface area (Å²) < 4.78 is 13.6. The fourth-order valence-electron chi connectivity index (χ4n) is 1.36. The van der Waals surface area contributed by atoms with Crippen molar-refractivity contribution in [3.63, 3.8) is 0 Å². The molecule has 1 aromatic heterocycles. The maximum absolute atomic E-state index is 13.6. The summed E-state index contributed by atoms with van der Waals surface area (Å²) in [6.45, 7) is 0. The third-order valence-electron chi connectivity index (χ3n) is 2.18. The fraction of sp³-hybridized carbons (Fsp3) is 0. The number of aromatic carboxylic acids is 1. The summed E-state index contributed by atoms with van der Waals surface area (Å²) in [5.74, 6) is -1.53. The van der Waals surface area contributed by atoms with E-state index in [0.29, 0.717) is 0 Å². The van der Waals surface area contributed by atoms with Crippen molar-refractivity contribution in [2.75, 3.05) is 5.32 Å². The van der Waals surface area contributed by atoms with E-state index in [2.05, 4.69) is 10.3 Å². The highest BCUT2D eigenvalue weighted by molar-refractivity contribution is 6.31. The predicted molar refractivity (Wildman–Crippen MR) is 65.9 cm³/mol. The van der Waals surface area contributed by atoms with E-state index in [0.717, 1.165) is 0 Å². The van der Waals surface area contributed by atoms with Crippen molar-refractivity contribution in [2.45, 2.75) is 0 Å². The van der Waals surface area contributed by atoms with Crippen LogP contribution in [0.2, 0.25) is 5.02 Å². The van der Waals surface area contributed by atoms with Gasteiger partial charge in [0.1, 0.15) is 5.82 Å². The number of carboxylic acid groups (broad SMARTS) is 1. The maximum atomic E-state index is 13.6. The van der Waals surface area contributed by atoms with Crippen molar-refractivity contribution in [2.24, 2.45) is 0 Å². The van der Waals surface area contributed by atoms with Crippen molar-refractivity contribution < 1.29 is 14.3 Å². The smallest absolute Gasteiger partial charge is 0.354 e. The van der Waals surface area contributed by atoms with Gasteiger partial charge in [-0.15, -0.1) is 0 Å². The molecule has 6 heteroatoms. The molecule has 0 spiro atoms. The molecule has 0 saturated carbocycles. The lowest BCUT2D eigenvalue weighted by Crippen LogP contribution is -2.03. The summed E-state index contributed by atoms with van der Waals surface area (Å²) in [5.41, 5.74) is 0.0139. The second-order valence-corrected chi connectivity index (χ2v) is 3.85. The molecular weight excluding hydrogens is 259 g/mol. The number of aromatic nitrogens is 1. The van der Waals surface area contributed by atoms with E-state index in [1.54, 1.807) is 6.07 Å². The van der Waals surface area contributed by atoms with Gasteiger partial charge in [-0.05, 0) is 24.3 Å². The highest BCUT2D eigenvalue weighted by atomic mass is 35.5. The first-order valence-electron chi connectivity index (χ1n) is 4.99. The standard InChI is InChI=1S/C12H8ClFN2O2/c13-7-3-1-4-8(11(7)14)15-10-6-2-5-9(16-10)12(17)18/h1-6H,(H,15,16)(H,17,18). The highest BCUT2D eigenvalue weighted by Gasteiger charge is 2.09. The van der Waals surface area contributed by atoms with Crippen LogP contribution in [-0.4, -0.2) is 16.1 Å². The lowest BCUT2D eigenvalue weighted by atomic mass is 10.3. The zero-order chi connectivity index (χ0) is 13.1. The average molecular weight is 267 g/mol. The molecule has 0 amide bonds. The molecule has 4 nitrogen and oxygen atoms in total. The lowest BCUT2D eigenvalue weighted by Gasteiger charge is -2.07.